The Morgan fingerprint density at radius 1 is 1.18 bits per heavy atom. The van der Waals surface area contributed by atoms with Gasteiger partial charge in [-0.05, 0) is 24.6 Å². The van der Waals surface area contributed by atoms with Gasteiger partial charge in [0.2, 0.25) is 0 Å². The van der Waals surface area contributed by atoms with Gasteiger partial charge in [-0.1, -0.05) is 12.1 Å². The molecule has 1 aromatic carbocycles. The van der Waals surface area contributed by atoms with Crippen molar-refractivity contribution in [2.45, 2.75) is 29.9 Å². The van der Waals surface area contributed by atoms with Crippen molar-refractivity contribution in [3.63, 3.8) is 0 Å². The van der Waals surface area contributed by atoms with Gasteiger partial charge < -0.3 is 5.73 Å². The van der Waals surface area contributed by atoms with Crippen molar-refractivity contribution < 1.29 is 8.42 Å². The standard InChI is InChI=1S/C11H17N3O2S/c1-7-10(12)11(14-13-7)8-3-5-9(6-4-8)17(2,15)16/h3-7,10-11,13-14H,12H2,1-2H3. The highest BCUT2D eigenvalue weighted by Gasteiger charge is 2.30. The summed E-state index contributed by atoms with van der Waals surface area (Å²) in [5.41, 5.74) is 13.2. The monoisotopic (exact) mass is 255 g/mol. The highest BCUT2D eigenvalue weighted by molar-refractivity contribution is 7.90. The predicted octanol–water partition coefficient (Wildman–Crippen LogP) is -0.0452. The second-order valence-electron chi connectivity index (χ2n) is 4.47. The zero-order chi connectivity index (χ0) is 12.6. The molecule has 1 aliphatic rings. The van der Waals surface area contributed by atoms with E-state index in [1.54, 1.807) is 24.3 Å². The normalized spacial score (nSPS) is 29.5. The van der Waals surface area contributed by atoms with E-state index in [0.717, 1.165) is 5.56 Å². The van der Waals surface area contributed by atoms with Crippen molar-refractivity contribution in [3.05, 3.63) is 29.8 Å². The van der Waals surface area contributed by atoms with Crippen LogP contribution in [0.2, 0.25) is 0 Å². The van der Waals surface area contributed by atoms with E-state index < -0.39 is 9.84 Å². The Balaban J connectivity index is 2.25. The molecule has 0 aromatic heterocycles. The van der Waals surface area contributed by atoms with E-state index in [1.807, 2.05) is 6.92 Å². The number of hydrazine groups is 1. The van der Waals surface area contributed by atoms with Crippen LogP contribution in [0.4, 0.5) is 0 Å². The first-order valence-electron chi connectivity index (χ1n) is 5.46. The second kappa shape index (κ2) is 4.38. The van der Waals surface area contributed by atoms with E-state index >= 15 is 0 Å². The van der Waals surface area contributed by atoms with Crippen LogP contribution in [-0.4, -0.2) is 26.8 Å². The number of nitrogens with one attached hydrogen (secondary N) is 2. The minimum atomic E-state index is -3.13. The Morgan fingerprint density at radius 2 is 1.76 bits per heavy atom. The van der Waals surface area contributed by atoms with Crippen molar-refractivity contribution in [2.24, 2.45) is 5.73 Å². The van der Waals surface area contributed by atoms with Crippen LogP contribution >= 0.6 is 0 Å². The van der Waals surface area contributed by atoms with Crippen molar-refractivity contribution >= 4 is 9.84 Å². The highest BCUT2D eigenvalue weighted by Crippen LogP contribution is 2.22. The lowest BCUT2D eigenvalue weighted by Crippen LogP contribution is -2.35. The quantitative estimate of drug-likeness (QED) is 0.690. The third kappa shape index (κ3) is 2.50. The fourth-order valence-electron chi connectivity index (χ4n) is 1.93. The summed E-state index contributed by atoms with van der Waals surface area (Å²) in [6.07, 6.45) is 1.20. The molecule has 94 valence electrons. The van der Waals surface area contributed by atoms with Crippen LogP contribution < -0.4 is 16.6 Å². The summed E-state index contributed by atoms with van der Waals surface area (Å²) in [6.45, 7) is 2.00. The van der Waals surface area contributed by atoms with Crippen LogP contribution in [0.15, 0.2) is 29.2 Å². The molecule has 1 saturated heterocycles. The molecule has 0 spiro atoms. The van der Waals surface area contributed by atoms with E-state index in [2.05, 4.69) is 10.9 Å². The minimum absolute atomic E-state index is 0.0126. The van der Waals surface area contributed by atoms with Gasteiger partial charge in [0.05, 0.1) is 10.9 Å². The largest absolute Gasteiger partial charge is 0.325 e. The van der Waals surface area contributed by atoms with Crippen molar-refractivity contribution in [3.8, 4) is 0 Å². The fourth-order valence-corrected chi connectivity index (χ4v) is 2.56. The number of hydrogen-bond donors (Lipinski definition) is 3. The SMILES string of the molecule is CC1NNC(c2ccc(S(C)(=O)=O)cc2)C1N. The summed E-state index contributed by atoms with van der Waals surface area (Å²) in [5, 5.41) is 0. The Hall–Kier alpha value is -0.950. The molecule has 3 unspecified atom stereocenters. The molecule has 3 atom stereocenters. The minimum Gasteiger partial charge on any atom is -0.325 e. The average molecular weight is 255 g/mol. The molecular weight excluding hydrogens is 238 g/mol. The van der Waals surface area contributed by atoms with E-state index in [4.69, 9.17) is 5.73 Å². The summed E-state index contributed by atoms with van der Waals surface area (Å²) >= 11 is 0. The maximum absolute atomic E-state index is 11.3. The first-order chi connectivity index (χ1) is 7.89. The Kier molecular flexibility index (Phi) is 3.22. The zero-order valence-corrected chi connectivity index (χ0v) is 10.7. The number of nitrogens with two attached hydrogens (primary N) is 1. The third-order valence-corrected chi connectivity index (χ3v) is 4.22. The summed E-state index contributed by atoms with van der Waals surface area (Å²) in [5.74, 6) is 0. The van der Waals surface area contributed by atoms with Gasteiger partial charge >= 0.3 is 0 Å². The van der Waals surface area contributed by atoms with Crippen molar-refractivity contribution in [2.75, 3.05) is 6.26 Å². The molecule has 1 heterocycles. The average Bonchev–Trinajstić information content (AvgIpc) is 2.59. The number of rotatable bonds is 2. The van der Waals surface area contributed by atoms with E-state index in [9.17, 15) is 8.42 Å². The lowest BCUT2D eigenvalue weighted by atomic mass is 9.98. The third-order valence-electron chi connectivity index (χ3n) is 3.10. The molecule has 4 N–H and O–H groups in total. The maximum atomic E-state index is 11.3. The predicted molar refractivity (Wildman–Crippen MR) is 66.0 cm³/mol. The molecule has 1 aromatic rings. The van der Waals surface area contributed by atoms with Crippen LogP contribution in [0.3, 0.4) is 0 Å². The van der Waals surface area contributed by atoms with Gasteiger partial charge in [-0.2, -0.15) is 0 Å². The zero-order valence-electron chi connectivity index (χ0n) is 9.84. The van der Waals surface area contributed by atoms with Gasteiger partial charge in [0.25, 0.3) is 0 Å². The van der Waals surface area contributed by atoms with Gasteiger partial charge in [0.1, 0.15) is 0 Å². The van der Waals surface area contributed by atoms with Crippen LogP contribution in [0.1, 0.15) is 18.5 Å². The first-order valence-corrected chi connectivity index (χ1v) is 7.35. The molecular formula is C11H17N3O2S. The smallest absolute Gasteiger partial charge is 0.175 e. The molecule has 5 nitrogen and oxygen atoms in total. The molecule has 0 bridgehead atoms. The molecule has 17 heavy (non-hydrogen) atoms. The van der Waals surface area contributed by atoms with Gasteiger partial charge in [-0.15, -0.1) is 0 Å². The molecule has 0 aliphatic carbocycles. The lowest BCUT2D eigenvalue weighted by Gasteiger charge is -2.16. The van der Waals surface area contributed by atoms with Gasteiger partial charge in [-0.3, -0.25) is 5.43 Å². The summed E-state index contributed by atoms with van der Waals surface area (Å²) in [6, 6.07) is 7.00. The molecule has 1 aliphatic heterocycles. The van der Waals surface area contributed by atoms with Crippen molar-refractivity contribution in [1.29, 1.82) is 0 Å². The maximum Gasteiger partial charge on any atom is 0.175 e. The Morgan fingerprint density at radius 3 is 2.18 bits per heavy atom. The van der Waals surface area contributed by atoms with Gasteiger partial charge in [-0.25, -0.2) is 13.8 Å². The summed E-state index contributed by atoms with van der Waals surface area (Å²) in [7, 11) is -3.13. The van der Waals surface area contributed by atoms with Crippen molar-refractivity contribution in [1.82, 2.24) is 10.9 Å². The Bertz CT molecular complexity index is 498. The number of hydrogen-bond acceptors (Lipinski definition) is 5. The van der Waals surface area contributed by atoms with E-state index in [1.165, 1.54) is 6.26 Å². The number of sulfone groups is 1. The molecule has 6 heteroatoms. The first kappa shape index (κ1) is 12.5. The summed E-state index contributed by atoms with van der Waals surface area (Å²) in [4.78, 5) is 0.328. The molecule has 0 saturated carbocycles. The fraction of sp³-hybridized carbons (Fsp3) is 0.455. The summed E-state index contributed by atoms with van der Waals surface area (Å²) < 4.78 is 22.7. The second-order valence-corrected chi connectivity index (χ2v) is 6.49. The van der Waals surface area contributed by atoms with Gasteiger partial charge in [0.15, 0.2) is 9.84 Å². The molecule has 1 fully saturated rings. The molecule has 0 radical (unpaired) electrons. The van der Waals surface area contributed by atoms with E-state index in [-0.39, 0.29) is 18.1 Å². The van der Waals surface area contributed by atoms with Gasteiger partial charge in [0, 0.05) is 18.3 Å². The van der Waals surface area contributed by atoms with E-state index in [0.29, 0.717) is 4.90 Å². The van der Waals surface area contributed by atoms with Crippen LogP contribution in [0, 0.1) is 0 Å². The highest BCUT2D eigenvalue weighted by atomic mass is 32.2. The lowest BCUT2D eigenvalue weighted by molar-refractivity contribution is 0.549. The molecule has 0 amide bonds. The van der Waals surface area contributed by atoms with Crippen LogP contribution in [-0.2, 0) is 9.84 Å². The van der Waals surface area contributed by atoms with Crippen LogP contribution in [0.5, 0.6) is 0 Å². The topological polar surface area (TPSA) is 84.2 Å². The number of benzene rings is 1. The molecule has 2 rings (SSSR count). The van der Waals surface area contributed by atoms with Crippen LogP contribution in [0.25, 0.3) is 0 Å². The Labute approximate surface area is 101 Å².